The van der Waals surface area contributed by atoms with Gasteiger partial charge in [-0.25, -0.2) is 9.97 Å². The number of rotatable bonds is 3. The van der Waals surface area contributed by atoms with E-state index >= 15 is 0 Å². The molecule has 0 spiro atoms. The molecule has 0 aliphatic rings. The summed E-state index contributed by atoms with van der Waals surface area (Å²) < 4.78 is 6.31. The highest BCUT2D eigenvalue weighted by Gasteiger charge is 2.11. The second-order valence-electron chi connectivity index (χ2n) is 4.10. The van der Waals surface area contributed by atoms with E-state index in [1.807, 2.05) is 26.0 Å². The number of ether oxygens (including phenoxy) is 1. The number of nitrogens with zero attached hydrogens (tertiary/aromatic N) is 2. The summed E-state index contributed by atoms with van der Waals surface area (Å²) in [5.74, 6) is 0.978. The first kappa shape index (κ1) is 14.1. The van der Waals surface area contributed by atoms with Gasteiger partial charge < -0.3 is 10.1 Å². The molecule has 6 heteroatoms. The summed E-state index contributed by atoms with van der Waals surface area (Å²) in [6.07, 6.45) is 1.39. The van der Waals surface area contributed by atoms with Gasteiger partial charge in [-0.2, -0.15) is 0 Å². The Morgan fingerprint density at radius 3 is 2.42 bits per heavy atom. The molecule has 1 heterocycles. The number of hydrogen-bond acceptors (Lipinski definition) is 4. The molecule has 0 unspecified atom stereocenters. The first-order valence-corrected chi connectivity index (χ1v) is 6.78. The lowest BCUT2D eigenvalue weighted by molar-refractivity contribution is 0.413. The van der Waals surface area contributed by atoms with Gasteiger partial charge in [0.25, 0.3) is 0 Å². The Morgan fingerprint density at radius 2 is 1.84 bits per heavy atom. The number of benzene rings is 1. The maximum absolute atomic E-state index is 5.96. The number of aromatic nitrogens is 2. The van der Waals surface area contributed by atoms with Crippen LogP contribution in [-0.4, -0.2) is 17.1 Å². The number of anilines is 2. The van der Waals surface area contributed by atoms with E-state index in [1.54, 1.807) is 0 Å². The molecule has 0 fully saturated rings. The Balaban J connectivity index is 2.39. The molecule has 4 nitrogen and oxygen atoms in total. The predicted molar refractivity (Wildman–Crippen MR) is 80.5 cm³/mol. The molecular formula is C13H13BrClN3O. The SMILES string of the molecule is COc1c(Cl)ncnc1Nc1cc(C)c(Br)c(C)c1. The zero-order valence-corrected chi connectivity index (χ0v) is 13.1. The van der Waals surface area contributed by atoms with Crippen LogP contribution in [0.15, 0.2) is 22.9 Å². The molecular weight excluding hydrogens is 330 g/mol. The first-order chi connectivity index (χ1) is 9.02. The lowest BCUT2D eigenvalue weighted by atomic mass is 10.1. The third-order valence-electron chi connectivity index (χ3n) is 2.66. The van der Waals surface area contributed by atoms with Crippen LogP contribution in [0.3, 0.4) is 0 Å². The van der Waals surface area contributed by atoms with Gasteiger partial charge >= 0.3 is 0 Å². The van der Waals surface area contributed by atoms with Crippen LogP contribution in [0.5, 0.6) is 5.75 Å². The van der Waals surface area contributed by atoms with Crippen LogP contribution in [0.1, 0.15) is 11.1 Å². The van der Waals surface area contributed by atoms with Gasteiger partial charge in [0.05, 0.1) is 7.11 Å². The minimum absolute atomic E-state index is 0.283. The molecule has 1 aromatic heterocycles. The molecule has 1 N–H and O–H groups in total. The van der Waals surface area contributed by atoms with Crippen LogP contribution in [0.2, 0.25) is 5.15 Å². The third kappa shape index (κ3) is 2.98. The Hall–Kier alpha value is -1.33. The van der Waals surface area contributed by atoms with Crippen molar-refractivity contribution in [3.8, 4) is 5.75 Å². The van der Waals surface area contributed by atoms with Crippen molar-refractivity contribution in [3.63, 3.8) is 0 Å². The summed E-state index contributed by atoms with van der Waals surface area (Å²) in [4.78, 5) is 8.03. The lowest BCUT2D eigenvalue weighted by Gasteiger charge is -2.12. The summed E-state index contributed by atoms with van der Waals surface area (Å²) in [6, 6.07) is 4.04. The van der Waals surface area contributed by atoms with Crippen molar-refractivity contribution in [1.82, 2.24) is 9.97 Å². The van der Waals surface area contributed by atoms with Crippen molar-refractivity contribution in [2.45, 2.75) is 13.8 Å². The van der Waals surface area contributed by atoms with E-state index in [2.05, 4.69) is 31.2 Å². The second kappa shape index (κ2) is 5.75. The number of halogens is 2. The smallest absolute Gasteiger partial charge is 0.199 e. The van der Waals surface area contributed by atoms with Crippen molar-refractivity contribution in [2.75, 3.05) is 12.4 Å². The molecule has 1 aromatic carbocycles. The van der Waals surface area contributed by atoms with Gasteiger partial charge in [-0.1, -0.05) is 27.5 Å². The molecule has 0 aliphatic carbocycles. The number of aryl methyl sites for hydroxylation is 2. The largest absolute Gasteiger partial charge is 0.490 e. The Kier molecular flexibility index (Phi) is 4.27. The summed E-state index contributed by atoms with van der Waals surface area (Å²) >= 11 is 9.50. The van der Waals surface area contributed by atoms with Crippen molar-refractivity contribution in [3.05, 3.63) is 39.2 Å². The Morgan fingerprint density at radius 1 is 1.21 bits per heavy atom. The van der Waals surface area contributed by atoms with Crippen LogP contribution in [0.4, 0.5) is 11.5 Å². The fourth-order valence-electron chi connectivity index (χ4n) is 1.78. The molecule has 0 saturated heterocycles. The zero-order valence-electron chi connectivity index (χ0n) is 10.8. The molecule has 0 saturated carbocycles. The van der Waals surface area contributed by atoms with Gasteiger partial charge in [-0.3, -0.25) is 0 Å². The van der Waals surface area contributed by atoms with Gasteiger partial charge in [0.1, 0.15) is 6.33 Å². The minimum Gasteiger partial charge on any atom is -0.490 e. The Bertz CT molecular complexity index is 596. The number of methoxy groups -OCH3 is 1. The summed E-state index contributed by atoms with van der Waals surface area (Å²) in [5, 5.41) is 3.47. The normalized spacial score (nSPS) is 10.4. The minimum atomic E-state index is 0.283. The molecule has 0 amide bonds. The molecule has 0 aliphatic heterocycles. The van der Waals surface area contributed by atoms with E-state index in [0.717, 1.165) is 21.3 Å². The second-order valence-corrected chi connectivity index (χ2v) is 5.25. The molecule has 0 radical (unpaired) electrons. The summed E-state index contributed by atoms with van der Waals surface area (Å²) in [5.41, 5.74) is 3.20. The highest BCUT2D eigenvalue weighted by Crippen LogP contribution is 2.32. The van der Waals surface area contributed by atoms with Crippen molar-refractivity contribution < 1.29 is 4.74 Å². The Labute approximate surface area is 125 Å². The molecule has 0 atom stereocenters. The molecule has 19 heavy (non-hydrogen) atoms. The molecule has 100 valence electrons. The van der Waals surface area contributed by atoms with E-state index in [0.29, 0.717) is 11.6 Å². The van der Waals surface area contributed by atoms with E-state index in [4.69, 9.17) is 16.3 Å². The zero-order chi connectivity index (χ0) is 14.0. The highest BCUT2D eigenvalue weighted by molar-refractivity contribution is 9.10. The van der Waals surface area contributed by atoms with E-state index in [-0.39, 0.29) is 5.15 Å². The average Bonchev–Trinajstić information content (AvgIpc) is 2.36. The van der Waals surface area contributed by atoms with Crippen molar-refractivity contribution in [2.24, 2.45) is 0 Å². The van der Waals surface area contributed by atoms with Crippen LogP contribution >= 0.6 is 27.5 Å². The maximum Gasteiger partial charge on any atom is 0.199 e. The predicted octanol–water partition coefficient (Wildman–Crippen LogP) is 4.26. The van der Waals surface area contributed by atoms with Gasteiger partial charge in [-0.15, -0.1) is 0 Å². The van der Waals surface area contributed by atoms with Crippen LogP contribution in [0.25, 0.3) is 0 Å². The van der Waals surface area contributed by atoms with Crippen LogP contribution in [0, 0.1) is 13.8 Å². The van der Waals surface area contributed by atoms with Crippen molar-refractivity contribution >= 4 is 39.0 Å². The van der Waals surface area contributed by atoms with Crippen LogP contribution < -0.4 is 10.1 Å². The van der Waals surface area contributed by atoms with Gasteiger partial charge in [0.2, 0.25) is 0 Å². The van der Waals surface area contributed by atoms with E-state index in [1.165, 1.54) is 13.4 Å². The van der Waals surface area contributed by atoms with E-state index in [9.17, 15) is 0 Å². The quantitative estimate of drug-likeness (QED) is 0.847. The fourth-order valence-corrected chi connectivity index (χ4v) is 2.22. The number of hydrogen-bond donors (Lipinski definition) is 1. The van der Waals surface area contributed by atoms with Crippen molar-refractivity contribution in [1.29, 1.82) is 0 Å². The lowest BCUT2D eigenvalue weighted by Crippen LogP contribution is -2.00. The topological polar surface area (TPSA) is 47.0 Å². The standard InChI is InChI=1S/C13H13BrClN3O/c1-7-4-9(5-8(2)10(7)14)18-13-11(19-3)12(15)16-6-17-13/h4-6H,1-3H3,(H,16,17,18). The van der Waals surface area contributed by atoms with E-state index < -0.39 is 0 Å². The average molecular weight is 343 g/mol. The van der Waals surface area contributed by atoms with Crippen LogP contribution in [-0.2, 0) is 0 Å². The highest BCUT2D eigenvalue weighted by atomic mass is 79.9. The molecule has 2 rings (SSSR count). The third-order valence-corrected chi connectivity index (χ3v) is 4.18. The van der Waals surface area contributed by atoms with Gasteiger partial charge in [0, 0.05) is 10.2 Å². The first-order valence-electron chi connectivity index (χ1n) is 5.61. The number of nitrogens with one attached hydrogen (secondary N) is 1. The van der Waals surface area contributed by atoms with Gasteiger partial charge in [-0.05, 0) is 37.1 Å². The summed E-state index contributed by atoms with van der Waals surface area (Å²) in [7, 11) is 1.54. The maximum atomic E-state index is 5.96. The van der Waals surface area contributed by atoms with Gasteiger partial charge in [0.15, 0.2) is 16.7 Å². The fraction of sp³-hybridized carbons (Fsp3) is 0.231. The monoisotopic (exact) mass is 341 g/mol. The molecule has 0 bridgehead atoms. The molecule has 2 aromatic rings. The summed E-state index contributed by atoms with van der Waals surface area (Å²) in [6.45, 7) is 4.07.